The summed E-state index contributed by atoms with van der Waals surface area (Å²) in [5, 5.41) is 4.61. The Morgan fingerprint density at radius 2 is 2.09 bits per heavy atom. The van der Waals surface area contributed by atoms with E-state index in [0.29, 0.717) is 34.0 Å². The second kappa shape index (κ2) is 7.40. The summed E-state index contributed by atoms with van der Waals surface area (Å²) in [5.41, 5.74) is 14.1. The van der Waals surface area contributed by atoms with Gasteiger partial charge in [-0.05, 0) is 43.4 Å². The second-order valence-corrected chi connectivity index (χ2v) is 9.53. The molecule has 1 saturated carbocycles. The zero-order valence-corrected chi connectivity index (χ0v) is 18.5. The molecule has 1 aliphatic carbocycles. The molecule has 2 amide bonds. The molecule has 2 aromatic heterocycles. The van der Waals surface area contributed by atoms with E-state index >= 15 is 0 Å². The Morgan fingerprint density at radius 3 is 2.81 bits per heavy atom. The highest BCUT2D eigenvalue weighted by molar-refractivity contribution is 7.19. The van der Waals surface area contributed by atoms with Gasteiger partial charge in [0.2, 0.25) is 0 Å². The Kier molecular flexibility index (Phi) is 4.77. The smallest absolute Gasteiger partial charge is 0.274 e. The van der Waals surface area contributed by atoms with Crippen LogP contribution in [-0.4, -0.2) is 43.6 Å². The van der Waals surface area contributed by atoms with Gasteiger partial charge in [-0.3, -0.25) is 14.3 Å². The molecule has 1 saturated heterocycles. The summed E-state index contributed by atoms with van der Waals surface area (Å²) in [6.07, 6.45) is 2.27. The highest BCUT2D eigenvalue weighted by Crippen LogP contribution is 2.50. The SMILES string of the molecule is Cc1nn(C)c(C[C@@H]2C[C@@H]3C[C@@H]3N2C(=O)c2nc(N)sc2-c2cccc(F)c2)c1C(N)=O. The van der Waals surface area contributed by atoms with Crippen molar-refractivity contribution < 1.29 is 14.0 Å². The summed E-state index contributed by atoms with van der Waals surface area (Å²) in [5.74, 6) is -0.692. The van der Waals surface area contributed by atoms with Gasteiger partial charge in [-0.1, -0.05) is 23.5 Å². The van der Waals surface area contributed by atoms with Crippen molar-refractivity contribution in [3.05, 3.63) is 52.7 Å². The molecule has 166 valence electrons. The van der Waals surface area contributed by atoms with Gasteiger partial charge in [0.15, 0.2) is 5.13 Å². The highest BCUT2D eigenvalue weighted by Gasteiger charge is 2.54. The topological polar surface area (TPSA) is 120 Å². The third kappa shape index (κ3) is 3.35. The van der Waals surface area contributed by atoms with Crippen molar-refractivity contribution in [2.45, 2.75) is 38.3 Å². The van der Waals surface area contributed by atoms with E-state index in [-0.39, 0.29) is 34.6 Å². The van der Waals surface area contributed by atoms with Crippen molar-refractivity contribution in [3.8, 4) is 10.4 Å². The minimum atomic E-state index is -0.521. The van der Waals surface area contributed by atoms with E-state index in [1.165, 1.54) is 23.5 Å². The fourth-order valence-corrected chi connectivity index (χ4v) is 5.79. The van der Waals surface area contributed by atoms with Gasteiger partial charge in [0.1, 0.15) is 11.5 Å². The first kappa shape index (κ1) is 20.6. The van der Waals surface area contributed by atoms with E-state index in [1.807, 2.05) is 4.90 Å². The van der Waals surface area contributed by atoms with Gasteiger partial charge in [-0.15, -0.1) is 0 Å². The average molecular weight is 455 g/mol. The van der Waals surface area contributed by atoms with Crippen molar-refractivity contribution in [1.82, 2.24) is 19.7 Å². The molecule has 32 heavy (non-hydrogen) atoms. The predicted octanol–water partition coefficient (Wildman–Crippen LogP) is 2.52. The van der Waals surface area contributed by atoms with Crippen molar-refractivity contribution in [1.29, 1.82) is 0 Å². The van der Waals surface area contributed by atoms with E-state index in [1.54, 1.807) is 30.8 Å². The predicted molar refractivity (Wildman–Crippen MR) is 119 cm³/mol. The molecule has 0 unspecified atom stereocenters. The van der Waals surface area contributed by atoms with Gasteiger partial charge < -0.3 is 16.4 Å². The van der Waals surface area contributed by atoms with E-state index in [0.717, 1.165) is 18.5 Å². The summed E-state index contributed by atoms with van der Waals surface area (Å²) in [7, 11) is 1.78. The minimum Gasteiger partial charge on any atom is -0.375 e. The Hall–Kier alpha value is -3.27. The third-order valence-electron chi connectivity index (χ3n) is 6.39. The Morgan fingerprint density at radius 1 is 1.31 bits per heavy atom. The van der Waals surface area contributed by atoms with Crippen LogP contribution in [0.25, 0.3) is 10.4 Å². The quantitative estimate of drug-likeness (QED) is 0.614. The number of carbonyl (C=O) groups excluding carboxylic acids is 2. The number of fused-ring (bicyclic) bond motifs is 1. The van der Waals surface area contributed by atoms with Crippen LogP contribution in [-0.2, 0) is 13.5 Å². The fraction of sp³-hybridized carbons (Fsp3) is 0.364. The maximum absolute atomic E-state index is 13.8. The van der Waals surface area contributed by atoms with E-state index in [4.69, 9.17) is 11.5 Å². The molecule has 0 spiro atoms. The molecule has 2 aliphatic rings. The van der Waals surface area contributed by atoms with Crippen LogP contribution >= 0.6 is 11.3 Å². The lowest BCUT2D eigenvalue weighted by Crippen LogP contribution is -2.40. The Bertz CT molecular complexity index is 1250. The van der Waals surface area contributed by atoms with Crippen LogP contribution in [0.3, 0.4) is 0 Å². The number of anilines is 1. The fourth-order valence-electron chi connectivity index (χ4n) is 4.97. The first-order valence-corrected chi connectivity index (χ1v) is 11.2. The monoisotopic (exact) mass is 454 g/mol. The number of nitrogen functional groups attached to an aromatic ring is 1. The number of hydrogen-bond donors (Lipinski definition) is 2. The molecular formula is C22H23FN6O2S. The van der Waals surface area contributed by atoms with Crippen LogP contribution in [0.4, 0.5) is 9.52 Å². The number of halogens is 1. The minimum absolute atomic E-state index is 0.109. The number of likely N-dealkylation sites (tertiary alicyclic amines) is 1. The van der Waals surface area contributed by atoms with Crippen molar-refractivity contribution in [2.24, 2.45) is 18.7 Å². The molecule has 3 atom stereocenters. The number of rotatable bonds is 5. The number of carbonyl (C=O) groups is 2. The molecular weight excluding hydrogens is 431 g/mol. The molecule has 8 nitrogen and oxygen atoms in total. The summed E-state index contributed by atoms with van der Waals surface area (Å²) in [6.45, 7) is 1.75. The lowest BCUT2D eigenvalue weighted by atomic mass is 10.0. The lowest BCUT2D eigenvalue weighted by molar-refractivity contribution is 0.0694. The first-order chi connectivity index (χ1) is 15.2. The number of primary amides is 1. The number of hydrogen-bond acceptors (Lipinski definition) is 6. The maximum atomic E-state index is 13.8. The molecule has 0 radical (unpaired) electrons. The number of thiazole rings is 1. The average Bonchev–Trinajstić information content (AvgIpc) is 3.07. The molecule has 2 fully saturated rings. The molecule has 5 rings (SSSR count). The zero-order valence-electron chi connectivity index (χ0n) is 17.7. The standard InChI is InChI=1S/C22H23FN6O2S/c1-10-17(20(24)30)16(28(2)27-10)9-14-7-12-8-15(12)29(14)21(31)18-19(32-22(25)26-18)11-4-3-5-13(23)6-11/h3-6,12,14-15H,7-9H2,1-2H3,(H2,24,30)(H2,25,26)/t12-,14+,15+/m1/s1. The number of aromatic nitrogens is 3. The van der Waals surface area contributed by atoms with Crippen molar-refractivity contribution >= 4 is 28.3 Å². The van der Waals surface area contributed by atoms with Gasteiger partial charge in [0.05, 0.1) is 21.8 Å². The summed E-state index contributed by atoms with van der Waals surface area (Å²) in [4.78, 5) is 32.4. The molecule has 4 N–H and O–H groups in total. The number of aryl methyl sites for hydroxylation is 2. The van der Waals surface area contributed by atoms with Crippen LogP contribution < -0.4 is 11.5 Å². The maximum Gasteiger partial charge on any atom is 0.274 e. The Balaban J connectivity index is 1.49. The van der Waals surface area contributed by atoms with Crippen molar-refractivity contribution in [2.75, 3.05) is 5.73 Å². The molecule has 10 heteroatoms. The largest absolute Gasteiger partial charge is 0.375 e. The second-order valence-electron chi connectivity index (χ2n) is 8.50. The van der Waals surface area contributed by atoms with E-state index < -0.39 is 5.91 Å². The van der Waals surface area contributed by atoms with Crippen LogP contribution in [0.2, 0.25) is 0 Å². The summed E-state index contributed by atoms with van der Waals surface area (Å²) < 4.78 is 15.5. The number of nitrogens with zero attached hydrogens (tertiary/aromatic N) is 4. The van der Waals surface area contributed by atoms with Crippen LogP contribution in [0.15, 0.2) is 24.3 Å². The highest BCUT2D eigenvalue weighted by atomic mass is 32.1. The van der Waals surface area contributed by atoms with Gasteiger partial charge >= 0.3 is 0 Å². The van der Waals surface area contributed by atoms with E-state index in [2.05, 4.69) is 10.1 Å². The number of amides is 2. The molecule has 3 aromatic rings. The lowest BCUT2D eigenvalue weighted by Gasteiger charge is -2.27. The first-order valence-electron chi connectivity index (χ1n) is 10.4. The zero-order chi connectivity index (χ0) is 22.7. The molecule has 0 bridgehead atoms. The molecule has 1 aliphatic heterocycles. The summed E-state index contributed by atoms with van der Waals surface area (Å²) in [6, 6.07) is 6.10. The van der Waals surface area contributed by atoms with Crippen LogP contribution in [0, 0.1) is 18.7 Å². The normalized spacial score (nSPS) is 21.6. The van der Waals surface area contributed by atoms with Crippen LogP contribution in [0.5, 0.6) is 0 Å². The number of benzene rings is 1. The number of nitrogens with two attached hydrogens (primary N) is 2. The Labute approximate surface area is 188 Å². The molecule has 1 aromatic carbocycles. The third-order valence-corrected chi connectivity index (χ3v) is 7.33. The van der Waals surface area contributed by atoms with E-state index in [9.17, 15) is 14.0 Å². The van der Waals surface area contributed by atoms with Crippen molar-refractivity contribution in [3.63, 3.8) is 0 Å². The number of piperidine rings is 1. The van der Waals surface area contributed by atoms with Gasteiger partial charge in [0.25, 0.3) is 11.8 Å². The summed E-state index contributed by atoms with van der Waals surface area (Å²) >= 11 is 1.17. The van der Waals surface area contributed by atoms with Gasteiger partial charge in [0, 0.05) is 25.6 Å². The van der Waals surface area contributed by atoms with Gasteiger partial charge in [-0.2, -0.15) is 5.10 Å². The molecule has 3 heterocycles. The van der Waals surface area contributed by atoms with Crippen LogP contribution in [0.1, 0.15) is 45.1 Å². The van der Waals surface area contributed by atoms with Gasteiger partial charge in [-0.25, -0.2) is 9.37 Å².